The van der Waals surface area contributed by atoms with E-state index in [9.17, 15) is 0 Å². The van der Waals surface area contributed by atoms with Crippen LogP contribution in [0.5, 0.6) is 0 Å². The fraction of sp³-hybridized carbons (Fsp3) is 0.116. The standard InChI is InChI=1S/C43H34N2/c1-5-12-28-19-22-36-35-15-8-11-18-41(35)45(42(36)27(28)2)30-21-24-32-31-23-20-29(25-37(31)43(3,4)38(32)26-30)44-39-16-9-6-13-33(39)34-14-7-10-17-40(34)44/h5-26H,1-4H3/b12-5-. The van der Waals surface area contributed by atoms with Gasteiger partial charge in [-0.3, -0.25) is 0 Å². The van der Waals surface area contributed by atoms with E-state index in [1.54, 1.807) is 0 Å². The smallest absolute Gasteiger partial charge is 0.0576 e. The second-order valence-corrected chi connectivity index (χ2v) is 13.0. The van der Waals surface area contributed by atoms with Crippen molar-refractivity contribution in [2.45, 2.75) is 33.1 Å². The summed E-state index contributed by atoms with van der Waals surface area (Å²) in [7, 11) is 0. The molecule has 45 heavy (non-hydrogen) atoms. The number of para-hydroxylation sites is 3. The fourth-order valence-electron chi connectivity index (χ4n) is 8.06. The molecule has 0 fully saturated rings. The first-order valence-corrected chi connectivity index (χ1v) is 15.9. The Morgan fingerprint density at radius 3 is 1.58 bits per heavy atom. The normalized spacial score (nSPS) is 13.9. The number of rotatable bonds is 3. The molecule has 0 saturated heterocycles. The number of aromatic nitrogens is 2. The molecule has 2 aromatic heterocycles. The van der Waals surface area contributed by atoms with Gasteiger partial charge < -0.3 is 9.13 Å². The zero-order chi connectivity index (χ0) is 30.4. The van der Waals surface area contributed by atoms with Crippen molar-refractivity contribution in [3.05, 3.63) is 150 Å². The lowest BCUT2D eigenvalue weighted by molar-refractivity contribution is 0.659. The number of benzene rings is 6. The molecule has 2 heteroatoms. The first-order chi connectivity index (χ1) is 22.0. The topological polar surface area (TPSA) is 9.86 Å². The maximum atomic E-state index is 2.48. The molecule has 0 atom stereocenters. The molecule has 0 aliphatic heterocycles. The molecular formula is C43H34N2. The van der Waals surface area contributed by atoms with E-state index in [0.717, 1.165) is 0 Å². The molecule has 0 amide bonds. The van der Waals surface area contributed by atoms with Crippen LogP contribution >= 0.6 is 0 Å². The molecular weight excluding hydrogens is 544 g/mol. The van der Waals surface area contributed by atoms with Gasteiger partial charge in [0.1, 0.15) is 0 Å². The lowest BCUT2D eigenvalue weighted by atomic mass is 9.82. The van der Waals surface area contributed by atoms with Gasteiger partial charge >= 0.3 is 0 Å². The number of aryl methyl sites for hydroxylation is 1. The van der Waals surface area contributed by atoms with E-state index in [2.05, 4.69) is 170 Å². The van der Waals surface area contributed by atoms with Gasteiger partial charge in [0, 0.05) is 38.3 Å². The predicted octanol–water partition coefficient (Wildman–Crippen LogP) is 11.5. The number of fused-ring (bicyclic) bond motifs is 9. The van der Waals surface area contributed by atoms with Crippen LogP contribution < -0.4 is 0 Å². The minimum atomic E-state index is -0.153. The summed E-state index contributed by atoms with van der Waals surface area (Å²) in [5, 5.41) is 5.18. The molecule has 8 aromatic rings. The van der Waals surface area contributed by atoms with E-state index in [1.807, 2.05) is 0 Å². The number of hydrogen-bond acceptors (Lipinski definition) is 0. The Morgan fingerprint density at radius 1 is 0.533 bits per heavy atom. The van der Waals surface area contributed by atoms with Crippen molar-refractivity contribution in [1.82, 2.24) is 9.13 Å². The zero-order valence-electron chi connectivity index (χ0n) is 26.1. The first kappa shape index (κ1) is 26.1. The largest absolute Gasteiger partial charge is 0.309 e. The van der Waals surface area contributed by atoms with E-state index >= 15 is 0 Å². The highest BCUT2D eigenvalue weighted by Gasteiger charge is 2.36. The third-order valence-corrected chi connectivity index (χ3v) is 10.2. The van der Waals surface area contributed by atoms with Crippen molar-refractivity contribution < 1.29 is 0 Å². The summed E-state index contributed by atoms with van der Waals surface area (Å²) in [6, 6.07) is 45.1. The number of hydrogen-bond donors (Lipinski definition) is 0. The fourth-order valence-corrected chi connectivity index (χ4v) is 8.06. The van der Waals surface area contributed by atoms with Gasteiger partial charge in [0.15, 0.2) is 0 Å². The SMILES string of the molecule is C/C=C\c1ccc2c3ccccc3n(-c3ccc4c(c3)C(C)(C)c3cc(-n5c6ccccc6c6ccccc65)ccc3-4)c2c1C. The summed E-state index contributed by atoms with van der Waals surface area (Å²) in [4.78, 5) is 0. The minimum absolute atomic E-state index is 0.153. The van der Waals surface area contributed by atoms with Gasteiger partial charge in [-0.05, 0) is 89.7 Å². The van der Waals surface area contributed by atoms with Crippen LogP contribution in [0.2, 0.25) is 0 Å². The summed E-state index contributed by atoms with van der Waals surface area (Å²) >= 11 is 0. The molecule has 9 rings (SSSR count). The maximum absolute atomic E-state index is 2.48. The summed E-state index contributed by atoms with van der Waals surface area (Å²) in [6.45, 7) is 9.12. The Morgan fingerprint density at radius 2 is 1.02 bits per heavy atom. The summed E-state index contributed by atoms with van der Waals surface area (Å²) < 4.78 is 4.91. The van der Waals surface area contributed by atoms with Gasteiger partial charge in [-0.2, -0.15) is 0 Å². The molecule has 0 spiro atoms. The summed E-state index contributed by atoms with van der Waals surface area (Å²) in [6.07, 6.45) is 4.35. The van der Waals surface area contributed by atoms with Gasteiger partial charge in [-0.15, -0.1) is 0 Å². The third-order valence-electron chi connectivity index (χ3n) is 10.2. The van der Waals surface area contributed by atoms with Crippen molar-refractivity contribution in [1.29, 1.82) is 0 Å². The van der Waals surface area contributed by atoms with Gasteiger partial charge in [0.25, 0.3) is 0 Å². The van der Waals surface area contributed by atoms with Crippen LogP contribution in [0, 0.1) is 6.92 Å². The highest BCUT2D eigenvalue weighted by molar-refractivity contribution is 6.11. The molecule has 0 N–H and O–H groups in total. The Balaban J connectivity index is 1.25. The monoisotopic (exact) mass is 578 g/mol. The van der Waals surface area contributed by atoms with Crippen molar-refractivity contribution in [2.24, 2.45) is 0 Å². The lowest BCUT2D eigenvalue weighted by Gasteiger charge is -2.23. The molecule has 0 unspecified atom stereocenters. The van der Waals surface area contributed by atoms with E-state index in [4.69, 9.17) is 0 Å². The molecule has 1 aliphatic rings. The van der Waals surface area contributed by atoms with Gasteiger partial charge in [-0.25, -0.2) is 0 Å². The highest BCUT2D eigenvalue weighted by atomic mass is 15.0. The minimum Gasteiger partial charge on any atom is -0.309 e. The first-order valence-electron chi connectivity index (χ1n) is 15.9. The van der Waals surface area contributed by atoms with Gasteiger partial charge in [0.05, 0.1) is 22.1 Å². The quantitative estimate of drug-likeness (QED) is 0.197. The van der Waals surface area contributed by atoms with Crippen LogP contribution in [0.4, 0.5) is 0 Å². The van der Waals surface area contributed by atoms with Crippen LogP contribution in [0.1, 0.15) is 43.0 Å². The Kier molecular flexibility index (Phi) is 5.41. The second kappa shape index (κ2) is 9.33. The van der Waals surface area contributed by atoms with E-state index < -0.39 is 0 Å². The van der Waals surface area contributed by atoms with E-state index in [0.29, 0.717) is 0 Å². The van der Waals surface area contributed by atoms with E-state index in [1.165, 1.54) is 88.4 Å². The average Bonchev–Trinajstić information content (AvgIpc) is 3.66. The molecule has 2 nitrogen and oxygen atoms in total. The Hall–Kier alpha value is -5.34. The lowest BCUT2D eigenvalue weighted by Crippen LogP contribution is -2.16. The summed E-state index contributed by atoms with van der Waals surface area (Å²) in [5.41, 5.74) is 15.3. The average molecular weight is 579 g/mol. The van der Waals surface area contributed by atoms with Crippen LogP contribution in [-0.2, 0) is 5.41 Å². The van der Waals surface area contributed by atoms with Crippen LogP contribution in [0.25, 0.3) is 72.2 Å². The summed E-state index contributed by atoms with van der Waals surface area (Å²) in [5.74, 6) is 0. The maximum Gasteiger partial charge on any atom is 0.0576 e. The molecule has 0 saturated carbocycles. The second-order valence-electron chi connectivity index (χ2n) is 13.0. The number of allylic oxidation sites excluding steroid dienone is 1. The van der Waals surface area contributed by atoms with E-state index in [-0.39, 0.29) is 5.41 Å². The molecule has 0 bridgehead atoms. The van der Waals surface area contributed by atoms with Crippen molar-refractivity contribution >= 4 is 49.7 Å². The Bertz CT molecular complexity index is 2480. The molecule has 216 valence electrons. The van der Waals surface area contributed by atoms with Crippen LogP contribution in [0.15, 0.2) is 127 Å². The number of nitrogens with zero attached hydrogens (tertiary/aromatic N) is 2. The third kappa shape index (κ3) is 3.51. The molecule has 2 heterocycles. The van der Waals surface area contributed by atoms with Crippen molar-refractivity contribution in [2.75, 3.05) is 0 Å². The van der Waals surface area contributed by atoms with Crippen molar-refractivity contribution in [3.8, 4) is 22.5 Å². The van der Waals surface area contributed by atoms with Gasteiger partial charge in [-0.1, -0.05) is 105 Å². The van der Waals surface area contributed by atoms with Crippen LogP contribution in [-0.4, -0.2) is 9.13 Å². The predicted molar refractivity (Wildman–Crippen MR) is 192 cm³/mol. The molecule has 0 radical (unpaired) electrons. The molecule has 1 aliphatic carbocycles. The van der Waals surface area contributed by atoms with Crippen molar-refractivity contribution in [3.63, 3.8) is 0 Å². The van der Waals surface area contributed by atoms with Crippen LogP contribution in [0.3, 0.4) is 0 Å². The zero-order valence-corrected chi connectivity index (χ0v) is 26.1. The van der Waals surface area contributed by atoms with Gasteiger partial charge in [0.2, 0.25) is 0 Å². The molecule has 6 aromatic carbocycles. The Labute approximate surface area is 263 Å². The highest BCUT2D eigenvalue weighted by Crippen LogP contribution is 2.50.